The summed E-state index contributed by atoms with van der Waals surface area (Å²) in [5.41, 5.74) is 1.25. The van der Waals surface area contributed by atoms with Gasteiger partial charge in [-0.2, -0.15) is 0 Å². The van der Waals surface area contributed by atoms with Crippen molar-refractivity contribution < 1.29 is 9.59 Å². The summed E-state index contributed by atoms with van der Waals surface area (Å²) in [6.45, 7) is 4.89. The van der Waals surface area contributed by atoms with Crippen LogP contribution in [-0.4, -0.2) is 70.1 Å². The van der Waals surface area contributed by atoms with Crippen molar-refractivity contribution in [1.82, 2.24) is 14.7 Å². The van der Waals surface area contributed by atoms with Crippen LogP contribution in [-0.2, 0) is 0 Å². The Balaban J connectivity index is 1.41. The number of imide groups is 1. The molecule has 2 aliphatic heterocycles. The molecular weight excluding hydrogens is 378 g/mol. The molecule has 0 unspecified atom stereocenters. The van der Waals surface area contributed by atoms with E-state index in [0.29, 0.717) is 22.0 Å². The Labute approximate surface area is 169 Å². The predicted octanol–water partition coefficient (Wildman–Crippen LogP) is 2.66. The lowest BCUT2D eigenvalue weighted by Gasteiger charge is -2.35. The fourth-order valence-corrected chi connectivity index (χ4v) is 4.28. The molecule has 140 valence electrons. The Kier molecular flexibility index (Phi) is 5.16. The van der Waals surface area contributed by atoms with Gasteiger partial charge in [-0.05, 0) is 30.5 Å². The Morgan fingerprint density at radius 3 is 2.07 bits per heavy atom. The van der Waals surface area contributed by atoms with E-state index in [9.17, 15) is 9.59 Å². The first-order valence-electron chi connectivity index (χ1n) is 9.14. The maximum absolute atomic E-state index is 12.9. The summed E-state index contributed by atoms with van der Waals surface area (Å²) in [6.07, 6.45) is 0.765. The van der Waals surface area contributed by atoms with Crippen molar-refractivity contribution in [3.05, 3.63) is 47.5 Å². The first kappa shape index (κ1) is 18.4. The number of piperazine rings is 1. The summed E-state index contributed by atoms with van der Waals surface area (Å²) in [5.74, 6) is -0.371. The minimum Gasteiger partial charge on any atom is -0.355 e. The fourth-order valence-electron chi connectivity index (χ4n) is 3.90. The maximum Gasteiger partial charge on any atom is 0.261 e. The van der Waals surface area contributed by atoms with Crippen LogP contribution in [0.25, 0.3) is 10.8 Å². The van der Waals surface area contributed by atoms with Crippen molar-refractivity contribution in [3.8, 4) is 0 Å². The molecule has 2 aromatic rings. The molecule has 1 saturated heterocycles. The van der Waals surface area contributed by atoms with Crippen molar-refractivity contribution in [2.45, 2.75) is 6.42 Å². The molecule has 27 heavy (non-hydrogen) atoms. The number of thiol groups is 1. The molecule has 2 amide bonds. The van der Waals surface area contributed by atoms with E-state index in [-0.39, 0.29) is 11.8 Å². The molecule has 7 heteroatoms. The van der Waals surface area contributed by atoms with Crippen molar-refractivity contribution in [1.29, 1.82) is 0 Å². The van der Waals surface area contributed by atoms with E-state index in [1.807, 2.05) is 36.4 Å². The highest BCUT2D eigenvalue weighted by molar-refractivity contribution is 8.10. The van der Waals surface area contributed by atoms with Gasteiger partial charge in [-0.3, -0.25) is 19.4 Å². The van der Waals surface area contributed by atoms with Crippen molar-refractivity contribution in [3.63, 3.8) is 0 Å². The first-order chi connectivity index (χ1) is 13.1. The molecule has 0 spiro atoms. The van der Waals surface area contributed by atoms with Gasteiger partial charge in [0, 0.05) is 49.2 Å². The molecular formula is C20H21N3O2S2. The number of nitrogens with zero attached hydrogens (tertiary/aromatic N) is 3. The molecule has 0 saturated carbocycles. The van der Waals surface area contributed by atoms with E-state index in [4.69, 9.17) is 12.2 Å². The van der Waals surface area contributed by atoms with E-state index >= 15 is 0 Å². The number of carbonyl (C=O) groups excluding carboxylic acids is 2. The summed E-state index contributed by atoms with van der Waals surface area (Å²) >= 11 is 9.33. The second-order valence-electron chi connectivity index (χ2n) is 6.94. The van der Waals surface area contributed by atoms with Gasteiger partial charge >= 0.3 is 0 Å². The van der Waals surface area contributed by atoms with Crippen LogP contribution >= 0.6 is 24.8 Å². The molecule has 4 rings (SSSR count). The van der Waals surface area contributed by atoms with Gasteiger partial charge in [0.1, 0.15) is 4.32 Å². The van der Waals surface area contributed by atoms with Crippen molar-refractivity contribution >= 4 is 51.8 Å². The van der Waals surface area contributed by atoms with E-state index in [2.05, 4.69) is 22.4 Å². The number of benzene rings is 2. The summed E-state index contributed by atoms with van der Waals surface area (Å²) in [7, 11) is 0. The second kappa shape index (κ2) is 7.58. The number of thiocarbonyl (C=S) groups is 1. The largest absolute Gasteiger partial charge is 0.355 e. The Morgan fingerprint density at radius 2 is 1.52 bits per heavy atom. The molecule has 0 aliphatic carbocycles. The monoisotopic (exact) mass is 399 g/mol. The van der Waals surface area contributed by atoms with Gasteiger partial charge in [-0.15, -0.1) is 12.6 Å². The molecule has 0 radical (unpaired) electrons. The van der Waals surface area contributed by atoms with Crippen LogP contribution in [0.2, 0.25) is 0 Å². The minimum absolute atomic E-state index is 0.186. The zero-order chi connectivity index (χ0) is 19.0. The standard InChI is InChI=1S/C20H21N3O2S2/c24-18-15-6-1-4-14-5-2-7-16(17(14)15)19(25)23(18)9-3-8-21-10-12-22(13-11-21)20(26)27/h1-2,4-7H,3,8-13H2,(H,26,27). The molecule has 5 nitrogen and oxygen atoms in total. The topological polar surface area (TPSA) is 43.9 Å². The van der Waals surface area contributed by atoms with Gasteiger partial charge in [-0.1, -0.05) is 36.5 Å². The molecule has 2 aromatic carbocycles. The third-order valence-electron chi connectivity index (χ3n) is 5.35. The van der Waals surface area contributed by atoms with E-state index < -0.39 is 0 Å². The molecule has 2 heterocycles. The van der Waals surface area contributed by atoms with Gasteiger partial charge in [0.05, 0.1) is 0 Å². The molecule has 2 aliphatic rings. The van der Waals surface area contributed by atoms with E-state index in [0.717, 1.165) is 49.9 Å². The summed E-state index contributed by atoms with van der Waals surface area (Å²) in [5, 5.41) is 1.72. The quantitative estimate of drug-likeness (QED) is 0.487. The highest BCUT2D eigenvalue weighted by Gasteiger charge is 2.32. The van der Waals surface area contributed by atoms with Crippen LogP contribution in [0.1, 0.15) is 27.1 Å². The molecule has 0 atom stereocenters. The number of hydrogen-bond acceptors (Lipinski definition) is 4. The number of rotatable bonds is 4. The normalized spacial score (nSPS) is 17.7. The van der Waals surface area contributed by atoms with Gasteiger partial charge in [0.25, 0.3) is 11.8 Å². The maximum atomic E-state index is 12.9. The molecule has 0 aromatic heterocycles. The average Bonchev–Trinajstić information content (AvgIpc) is 2.69. The number of hydrogen-bond donors (Lipinski definition) is 1. The van der Waals surface area contributed by atoms with E-state index in [1.165, 1.54) is 4.90 Å². The van der Waals surface area contributed by atoms with Crippen molar-refractivity contribution in [2.75, 3.05) is 39.3 Å². The van der Waals surface area contributed by atoms with Crippen LogP contribution in [0.5, 0.6) is 0 Å². The first-order valence-corrected chi connectivity index (χ1v) is 10.00. The molecule has 0 bridgehead atoms. The zero-order valence-electron chi connectivity index (χ0n) is 14.9. The predicted molar refractivity (Wildman–Crippen MR) is 114 cm³/mol. The lowest BCUT2D eigenvalue weighted by atomic mass is 9.94. The van der Waals surface area contributed by atoms with Crippen LogP contribution in [0.3, 0.4) is 0 Å². The average molecular weight is 400 g/mol. The zero-order valence-corrected chi connectivity index (χ0v) is 16.6. The van der Waals surface area contributed by atoms with Crippen LogP contribution in [0.4, 0.5) is 0 Å². The summed E-state index contributed by atoms with van der Waals surface area (Å²) in [4.78, 5) is 31.6. The summed E-state index contributed by atoms with van der Waals surface area (Å²) in [6, 6.07) is 11.3. The van der Waals surface area contributed by atoms with Crippen LogP contribution in [0.15, 0.2) is 36.4 Å². The lowest BCUT2D eigenvalue weighted by molar-refractivity contribution is 0.0601. The van der Waals surface area contributed by atoms with Gasteiger partial charge < -0.3 is 4.90 Å². The molecule has 0 N–H and O–H groups in total. The molecule has 1 fully saturated rings. The number of carbonyl (C=O) groups is 2. The smallest absolute Gasteiger partial charge is 0.261 e. The highest BCUT2D eigenvalue weighted by Crippen LogP contribution is 2.29. The minimum atomic E-state index is -0.186. The second-order valence-corrected chi connectivity index (χ2v) is 8.05. The van der Waals surface area contributed by atoms with Crippen LogP contribution < -0.4 is 0 Å². The van der Waals surface area contributed by atoms with Gasteiger partial charge in [-0.25, -0.2) is 0 Å². The van der Waals surface area contributed by atoms with Crippen LogP contribution in [0, 0.1) is 0 Å². The van der Waals surface area contributed by atoms with Crippen molar-refractivity contribution in [2.24, 2.45) is 0 Å². The highest BCUT2D eigenvalue weighted by atomic mass is 32.1. The summed E-state index contributed by atoms with van der Waals surface area (Å²) < 4.78 is 0.645. The van der Waals surface area contributed by atoms with Gasteiger partial charge in [0.2, 0.25) is 0 Å². The fraction of sp³-hybridized carbons (Fsp3) is 0.350. The Hall–Kier alpha value is -1.96. The Bertz CT molecular complexity index is 872. The third-order valence-corrected chi connectivity index (χ3v) is 5.90. The lowest BCUT2D eigenvalue weighted by Crippen LogP contribution is -2.48. The SMILES string of the molecule is O=C1c2cccc3cccc(c23)C(=O)N1CCCN1CCN(C(=S)S)CC1. The Morgan fingerprint density at radius 1 is 0.926 bits per heavy atom. The number of amides is 2. The van der Waals surface area contributed by atoms with E-state index in [1.54, 1.807) is 0 Å². The van der Waals surface area contributed by atoms with Gasteiger partial charge in [0.15, 0.2) is 0 Å². The third kappa shape index (κ3) is 3.47.